The molecule has 110 valence electrons. The highest BCUT2D eigenvalue weighted by Gasteiger charge is 2.26. The summed E-state index contributed by atoms with van der Waals surface area (Å²) in [4.78, 5) is 31.5. The number of nitrogens with one attached hydrogen (secondary N) is 2. The van der Waals surface area contributed by atoms with E-state index >= 15 is 0 Å². The molecule has 0 radical (unpaired) electrons. The minimum atomic E-state index is -1.07. The molecule has 0 bridgehead atoms. The molecule has 0 saturated carbocycles. The number of H-pyrrole nitrogens is 1. The Kier molecular flexibility index (Phi) is 4.57. The summed E-state index contributed by atoms with van der Waals surface area (Å²) in [5.41, 5.74) is 6.44. The minimum absolute atomic E-state index is 0.124. The Labute approximate surface area is 116 Å². The molecule has 0 aromatic carbocycles. The van der Waals surface area contributed by atoms with E-state index in [1.807, 2.05) is 0 Å². The second-order valence-electron chi connectivity index (χ2n) is 4.95. The number of imidazole rings is 1. The Morgan fingerprint density at radius 3 is 2.80 bits per heavy atom. The van der Waals surface area contributed by atoms with Crippen LogP contribution in [0, 0.1) is 0 Å². The summed E-state index contributed by atoms with van der Waals surface area (Å²) in [6.07, 6.45) is 4.68. The van der Waals surface area contributed by atoms with Gasteiger partial charge in [-0.3, -0.25) is 0 Å². The molecule has 1 aliphatic heterocycles. The molecule has 8 heteroatoms. The number of nitrogens with two attached hydrogens (primary N) is 1. The van der Waals surface area contributed by atoms with Gasteiger partial charge in [0.25, 0.3) is 0 Å². The van der Waals surface area contributed by atoms with Crippen LogP contribution in [0.4, 0.5) is 4.79 Å². The molecule has 0 spiro atoms. The van der Waals surface area contributed by atoms with E-state index < -0.39 is 12.0 Å². The number of aliphatic carboxylic acids is 1. The molecule has 1 saturated heterocycles. The zero-order chi connectivity index (χ0) is 14.5. The number of amides is 2. The third-order valence-electron chi connectivity index (χ3n) is 3.40. The van der Waals surface area contributed by atoms with E-state index in [0.29, 0.717) is 18.8 Å². The number of piperidine rings is 1. The van der Waals surface area contributed by atoms with Gasteiger partial charge in [0.05, 0.1) is 6.33 Å². The third kappa shape index (κ3) is 3.70. The van der Waals surface area contributed by atoms with Gasteiger partial charge in [-0.15, -0.1) is 0 Å². The fourth-order valence-electron chi connectivity index (χ4n) is 2.16. The summed E-state index contributed by atoms with van der Waals surface area (Å²) >= 11 is 0. The lowest BCUT2D eigenvalue weighted by Crippen LogP contribution is -2.52. The third-order valence-corrected chi connectivity index (χ3v) is 3.40. The van der Waals surface area contributed by atoms with Crippen LogP contribution in [-0.4, -0.2) is 57.1 Å². The minimum Gasteiger partial charge on any atom is -0.480 e. The van der Waals surface area contributed by atoms with Gasteiger partial charge in [0.1, 0.15) is 6.04 Å². The molecular formula is C12H19N5O3. The van der Waals surface area contributed by atoms with E-state index in [1.54, 1.807) is 11.1 Å². The van der Waals surface area contributed by atoms with Gasteiger partial charge in [-0.05, 0) is 12.8 Å². The summed E-state index contributed by atoms with van der Waals surface area (Å²) in [5.74, 6) is -1.07. The van der Waals surface area contributed by atoms with Gasteiger partial charge >= 0.3 is 12.0 Å². The van der Waals surface area contributed by atoms with Crippen molar-refractivity contribution < 1.29 is 14.7 Å². The number of aromatic nitrogens is 2. The van der Waals surface area contributed by atoms with Crippen molar-refractivity contribution in [2.24, 2.45) is 5.73 Å². The smallest absolute Gasteiger partial charge is 0.326 e. The number of carbonyl (C=O) groups is 2. The van der Waals surface area contributed by atoms with Gasteiger partial charge < -0.3 is 26.0 Å². The van der Waals surface area contributed by atoms with Gasteiger partial charge in [0.15, 0.2) is 0 Å². The van der Waals surface area contributed by atoms with Crippen molar-refractivity contribution in [3.8, 4) is 0 Å². The van der Waals surface area contributed by atoms with Crippen LogP contribution in [0.3, 0.4) is 0 Å². The van der Waals surface area contributed by atoms with E-state index in [2.05, 4.69) is 15.3 Å². The Bertz CT molecular complexity index is 454. The summed E-state index contributed by atoms with van der Waals surface area (Å²) < 4.78 is 0. The average molecular weight is 281 g/mol. The highest BCUT2D eigenvalue weighted by Crippen LogP contribution is 2.09. The summed E-state index contributed by atoms with van der Waals surface area (Å²) in [5, 5.41) is 11.7. The number of urea groups is 1. The first-order valence-corrected chi connectivity index (χ1v) is 6.57. The zero-order valence-electron chi connectivity index (χ0n) is 11.1. The summed E-state index contributed by atoms with van der Waals surface area (Å²) in [6.45, 7) is 1.12. The van der Waals surface area contributed by atoms with Crippen molar-refractivity contribution in [2.45, 2.75) is 31.3 Å². The normalized spacial score (nSPS) is 17.8. The highest BCUT2D eigenvalue weighted by atomic mass is 16.4. The number of nitrogens with zero attached hydrogens (tertiary/aromatic N) is 2. The lowest BCUT2D eigenvalue weighted by Gasteiger charge is -2.31. The molecule has 2 rings (SSSR count). The molecule has 2 amide bonds. The SMILES string of the molecule is NC1CCN(C(=O)N[C@H](Cc2cnc[nH]2)C(=O)O)CC1. The summed E-state index contributed by atoms with van der Waals surface area (Å²) in [7, 11) is 0. The monoisotopic (exact) mass is 281 g/mol. The molecule has 8 nitrogen and oxygen atoms in total. The van der Waals surface area contributed by atoms with Crippen molar-refractivity contribution in [1.29, 1.82) is 0 Å². The van der Waals surface area contributed by atoms with Crippen molar-refractivity contribution in [2.75, 3.05) is 13.1 Å². The van der Waals surface area contributed by atoms with Crippen LogP contribution in [0.1, 0.15) is 18.5 Å². The predicted molar refractivity (Wildman–Crippen MR) is 71.0 cm³/mol. The van der Waals surface area contributed by atoms with Crippen LogP contribution >= 0.6 is 0 Å². The first kappa shape index (κ1) is 14.3. The van der Waals surface area contributed by atoms with E-state index in [9.17, 15) is 14.7 Å². The van der Waals surface area contributed by atoms with Gasteiger partial charge in [0.2, 0.25) is 0 Å². The van der Waals surface area contributed by atoms with Gasteiger partial charge in [-0.25, -0.2) is 14.6 Å². The van der Waals surface area contributed by atoms with E-state index in [1.165, 1.54) is 6.33 Å². The second-order valence-corrected chi connectivity index (χ2v) is 4.95. The second kappa shape index (κ2) is 6.38. The molecule has 1 aromatic rings. The van der Waals surface area contributed by atoms with Crippen LogP contribution < -0.4 is 11.1 Å². The van der Waals surface area contributed by atoms with Crippen LogP contribution in [0.15, 0.2) is 12.5 Å². The number of hydrogen-bond acceptors (Lipinski definition) is 4. The number of rotatable bonds is 4. The van der Waals surface area contributed by atoms with Crippen LogP contribution in [-0.2, 0) is 11.2 Å². The Morgan fingerprint density at radius 1 is 1.55 bits per heavy atom. The van der Waals surface area contributed by atoms with Crippen molar-refractivity contribution in [3.63, 3.8) is 0 Å². The standard InChI is InChI=1S/C12H19N5O3/c13-8-1-3-17(4-2-8)12(20)16-10(11(18)19)5-9-6-14-7-15-9/h6-8,10H,1-5,13H2,(H,14,15)(H,16,20)(H,18,19)/t10-/m1/s1. The first-order valence-electron chi connectivity index (χ1n) is 6.57. The maximum atomic E-state index is 12.0. The lowest BCUT2D eigenvalue weighted by atomic mass is 10.1. The molecule has 1 atom stereocenters. The lowest BCUT2D eigenvalue weighted by molar-refractivity contribution is -0.139. The van der Waals surface area contributed by atoms with E-state index in [4.69, 9.17) is 5.73 Å². The van der Waals surface area contributed by atoms with Crippen LogP contribution in [0.25, 0.3) is 0 Å². The molecule has 1 fully saturated rings. The topological polar surface area (TPSA) is 124 Å². The Morgan fingerprint density at radius 2 is 2.25 bits per heavy atom. The number of aromatic amines is 1. The fraction of sp³-hybridized carbons (Fsp3) is 0.583. The molecule has 0 aliphatic carbocycles. The van der Waals surface area contributed by atoms with Gasteiger partial charge in [0, 0.05) is 37.4 Å². The predicted octanol–water partition coefficient (Wildman–Crippen LogP) is -0.462. The maximum Gasteiger partial charge on any atom is 0.326 e. The fourth-order valence-corrected chi connectivity index (χ4v) is 2.16. The number of carboxylic acid groups (broad SMARTS) is 1. The van der Waals surface area contributed by atoms with Gasteiger partial charge in [-0.1, -0.05) is 0 Å². The van der Waals surface area contributed by atoms with Crippen LogP contribution in [0.2, 0.25) is 0 Å². The van der Waals surface area contributed by atoms with Gasteiger partial charge in [-0.2, -0.15) is 0 Å². The van der Waals surface area contributed by atoms with E-state index in [0.717, 1.165) is 12.8 Å². The van der Waals surface area contributed by atoms with Crippen molar-refractivity contribution in [3.05, 3.63) is 18.2 Å². The van der Waals surface area contributed by atoms with Crippen molar-refractivity contribution >= 4 is 12.0 Å². The quantitative estimate of drug-likeness (QED) is 0.594. The molecule has 5 N–H and O–H groups in total. The molecular weight excluding hydrogens is 262 g/mol. The number of carboxylic acids is 1. The molecule has 1 aliphatic rings. The number of carbonyl (C=O) groups excluding carboxylic acids is 1. The first-order chi connectivity index (χ1) is 9.56. The van der Waals surface area contributed by atoms with Crippen molar-refractivity contribution in [1.82, 2.24) is 20.2 Å². The van der Waals surface area contributed by atoms with Crippen LogP contribution in [0.5, 0.6) is 0 Å². The largest absolute Gasteiger partial charge is 0.480 e. The molecule has 1 aromatic heterocycles. The maximum absolute atomic E-state index is 12.0. The Hall–Kier alpha value is -2.09. The summed E-state index contributed by atoms with van der Waals surface area (Å²) in [6, 6.07) is -1.21. The highest BCUT2D eigenvalue weighted by molar-refractivity contribution is 5.82. The average Bonchev–Trinajstić information content (AvgIpc) is 2.91. The molecule has 0 unspecified atom stereocenters. The Balaban J connectivity index is 1.90. The molecule has 20 heavy (non-hydrogen) atoms. The molecule has 2 heterocycles. The van der Waals surface area contributed by atoms with E-state index in [-0.39, 0.29) is 18.5 Å². The zero-order valence-corrected chi connectivity index (χ0v) is 11.1. The number of likely N-dealkylation sites (tertiary alicyclic amines) is 1. The number of hydrogen-bond donors (Lipinski definition) is 4.